The van der Waals surface area contributed by atoms with Crippen LogP contribution in [0.15, 0.2) is 0 Å². The molecule has 0 radical (unpaired) electrons. The van der Waals surface area contributed by atoms with Crippen molar-refractivity contribution in [3.63, 3.8) is 0 Å². The van der Waals surface area contributed by atoms with Crippen LogP contribution >= 0.6 is 0 Å². The number of amides is 2. The van der Waals surface area contributed by atoms with Crippen molar-refractivity contribution in [3.8, 4) is 0 Å². The first-order valence-electron chi connectivity index (χ1n) is 4.67. The zero-order chi connectivity index (χ0) is 15.7. The van der Waals surface area contributed by atoms with E-state index >= 15 is 0 Å². The van der Waals surface area contributed by atoms with E-state index in [1.807, 2.05) is 0 Å². The molecule has 20 heavy (non-hydrogen) atoms. The Balaban J connectivity index is 2.96. The Kier molecular flexibility index (Phi) is 4.40. The summed E-state index contributed by atoms with van der Waals surface area (Å²) in [6, 6.07) is -1.79. The van der Waals surface area contributed by atoms with Crippen molar-refractivity contribution in [2.75, 3.05) is 11.9 Å². The number of alkyl halides is 3. The molecule has 0 saturated carbocycles. The number of carbonyl (C=O) groups is 1. The Morgan fingerprint density at radius 2 is 1.25 bits per heavy atom. The average molecular weight is 308 g/mol. The van der Waals surface area contributed by atoms with Gasteiger partial charge in [0, 0.05) is 0 Å². The number of anilines is 1. The molecule has 112 valence electrons. The number of benzene rings is 1. The Bertz CT molecular complexity index is 513. The third kappa shape index (κ3) is 3.48. The zero-order valence-electron chi connectivity index (χ0n) is 9.14. The highest BCUT2D eigenvalue weighted by Crippen LogP contribution is 2.27. The van der Waals surface area contributed by atoms with Gasteiger partial charge in [0.25, 0.3) is 0 Å². The summed E-state index contributed by atoms with van der Waals surface area (Å²) >= 11 is 0. The maximum atomic E-state index is 13.1. The van der Waals surface area contributed by atoms with Gasteiger partial charge in [-0.25, -0.2) is 26.7 Å². The molecule has 11 heteroatoms. The van der Waals surface area contributed by atoms with Crippen molar-refractivity contribution in [1.29, 1.82) is 0 Å². The lowest BCUT2D eigenvalue weighted by Gasteiger charge is -2.12. The molecule has 1 aromatic rings. The van der Waals surface area contributed by atoms with E-state index < -0.39 is 53.5 Å². The van der Waals surface area contributed by atoms with Gasteiger partial charge >= 0.3 is 12.2 Å². The molecule has 0 unspecified atom stereocenters. The second kappa shape index (κ2) is 5.51. The molecule has 2 N–H and O–H groups in total. The molecule has 1 aromatic carbocycles. The molecule has 0 fully saturated rings. The number of halogens is 8. The van der Waals surface area contributed by atoms with Crippen molar-refractivity contribution >= 4 is 11.7 Å². The highest BCUT2D eigenvalue weighted by molar-refractivity contribution is 5.89. The fraction of sp³-hybridized carbons (Fsp3) is 0.222. The van der Waals surface area contributed by atoms with Crippen LogP contribution in [-0.2, 0) is 0 Å². The van der Waals surface area contributed by atoms with Gasteiger partial charge in [-0.15, -0.1) is 0 Å². The van der Waals surface area contributed by atoms with Crippen molar-refractivity contribution in [2.24, 2.45) is 0 Å². The third-order valence-corrected chi connectivity index (χ3v) is 1.90. The zero-order valence-corrected chi connectivity index (χ0v) is 9.14. The maximum absolute atomic E-state index is 13.1. The molecule has 0 aliphatic rings. The van der Waals surface area contributed by atoms with E-state index in [4.69, 9.17) is 0 Å². The van der Waals surface area contributed by atoms with Crippen LogP contribution in [0.25, 0.3) is 0 Å². The molecule has 3 nitrogen and oxygen atoms in total. The largest absolute Gasteiger partial charge is 0.405 e. The predicted molar refractivity (Wildman–Crippen MR) is 49.3 cm³/mol. The Morgan fingerprint density at radius 3 is 1.65 bits per heavy atom. The van der Waals surface area contributed by atoms with Gasteiger partial charge < -0.3 is 10.6 Å². The van der Waals surface area contributed by atoms with Crippen LogP contribution in [-0.4, -0.2) is 18.8 Å². The minimum atomic E-state index is -4.81. The van der Waals surface area contributed by atoms with Crippen molar-refractivity contribution in [2.45, 2.75) is 6.18 Å². The summed E-state index contributed by atoms with van der Waals surface area (Å²) in [6.45, 7) is -1.85. The van der Waals surface area contributed by atoms with E-state index in [1.54, 1.807) is 0 Å². The Morgan fingerprint density at radius 1 is 0.850 bits per heavy atom. The quantitative estimate of drug-likeness (QED) is 0.492. The highest BCUT2D eigenvalue weighted by Gasteiger charge is 2.30. The van der Waals surface area contributed by atoms with Gasteiger partial charge in [0.15, 0.2) is 23.3 Å². The van der Waals surface area contributed by atoms with Crippen molar-refractivity contribution in [1.82, 2.24) is 5.32 Å². The molecule has 0 spiro atoms. The molecule has 0 heterocycles. The Hall–Kier alpha value is -2.07. The fourth-order valence-corrected chi connectivity index (χ4v) is 1.05. The van der Waals surface area contributed by atoms with Crippen LogP contribution in [0.1, 0.15) is 0 Å². The first-order chi connectivity index (χ1) is 9.04. The lowest BCUT2D eigenvalue weighted by Crippen LogP contribution is -2.37. The van der Waals surface area contributed by atoms with Gasteiger partial charge in [-0.1, -0.05) is 0 Å². The molecule has 2 amide bonds. The lowest BCUT2D eigenvalue weighted by atomic mass is 10.2. The molecule has 0 saturated heterocycles. The smallest absolute Gasteiger partial charge is 0.329 e. The SMILES string of the molecule is O=C(NCC(F)(F)F)Nc1c(F)c(F)c(F)c(F)c1F. The number of urea groups is 1. The minimum absolute atomic E-state index is 1.11. The van der Waals surface area contributed by atoms with E-state index in [1.165, 1.54) is 0 Å². The van der Waals surface area contributed by atoms with Gasteiger partial charge in [-0.3, -0.25) is 0 Å². The molecular weight excluding hydrogens is 304 g/mol. The molecule has 0 aliphatic heterocycles. The monoisotopic (exact) mass is 308 g/mol. The number of nitrogens with one attached hydrogen (secondary N) is 2. The number of carbonyl (C=O) groups excluding carboxylic acids is 1. The van der Waals surface area contributed by atoms with Crippen LogP contribution in [0.2, 0.25) is 0 Å². The molecule has 0 bridgehead atoms. The highest BCUT2D eigenvalue weighted by atomic mass is 19.4. The lowest BCUT2D eigenvalue weighted by molar-refractivity contribution is -0.122. The van der Waals surface area contributed by atoms with Gasteiger partial charge in [0.05, 0.1) is 0 Å². The maximum Gasteiger partial charge on any atom is 0.405 e. The molecule has 0 atom stereocenters. The predicted octanol–water partition coefficient (Wildman–Crippen LogP) is 3.07. The third-order valence-electron chi connectivity index (χ3n) is 1.90. The van der Waals surface area contributed by atoms with Crippen LogP contribution in [0.3, 0.4) is 0 Å². The van der Waals surface area contributed by atoms with Crippen LogP contribution < -0.4 is 10.6 Å². The van der Waals surface area contributed by atoms with Gasteiger partial charge in [0.2, 0.25) is 5.82 Å². The molecule has 0 aliphatic carbocycles. The Labute approximate surface area is 105 Å². The van der Waals surface area contributed by atoms with Gasteiger partial charge in [-0.05, 0) is 0 Å². The summed E-state index contributed by atoms with van der Waals surface area (Å²) in [7, 11) is 0. The number of hydrogen-bond acceptors (Lipinski definition) is 1. The number of rotatable bonds is 2. The second-order valence-electron chi connectivity index (χ2n) is 3.37. The second-order valence-corrected chi connectivity index (χ2v) is 3.37. The van der Waals surface area contributed by atoms with Gasteiger partial charge in [0.1, 0.15) is 12.2 Å². The van der Waals surface area contributed by atoms with Crippen LogP contribution in [0.5, 0.6) is 0 Å². The molecule has 0 aromatic heterocycles. The first-order valence-corrected chi connectivity index (χ1v) is 4.67. The number of hydrogen-bond donors (Lipinski definition) is 2. The standard InChI is InChI=1S/C9H4F8N2O/c10-2-3(11)5(13)7(6(14)4(2)12)19-8(20)18-1-9(15,16)17/h1H2,(H2,18,19,20). The van der Waals surface area contributed by atoms with E-state index in [0.29, 0.717) is 0 Å². The summed E-state index contributed by atoms with van der Waals surface area (Å²) in [6.07, 6.45) is -4.81. The molecule has 1 rings (SSSR count). The summed E-state index contributed by atoms with van der Waals surface area (Å²) in [5.74, 6) is -11.9. The average Bonchev–Trinajstić information content (AvgIpc) is 2.36. The van der Waals surface area contributed by atoms with Crippen molar-refractivity contribution in [3.05, 3.63) is 29.1 Å². The van der Waals surface area contributed by atoms with E-state index in [0.717, 1.165) is 10.6 Å². The minimum Gasteiger partial charge on any atom is -0.329 e. The fourth-order valence-electron chi connectivity index (χ4n) is 1.05. The summed E-state index contributed by atoms with van der Waals surface area (Å²) in [5.41, 5.74) is -1.75. The van der Waals surface area contributed by atoms with Crippen molar-refractivity contribution < 1.29 is 39.9 Å². The molecular formula is C9H4F8N2O. The topological polar surface area (TPSA) is 41.1 Å². The van der Waals surface area contributed by atoms with E-state index in [2.05, 4.69) is 0 Å². The van der Waals surface area contributed by atoms with E-state index in [9.17, 15) is 39.9 Å². The normalized spacial score (nSPS) is 11.4. The summed E-state index contributed by atoms with van der Waals surface area (Å²) < 4.78 is 99.4. The van der Waals surface area contributed by atoms with E-state index in [-0.39, 0.29) is 0 Å². The summed E-state index contributed by atoms with van der Waals surface area (Å²) in [4.78, 5) is 10.9. The summed E-state index contributed by atoms with van der Waals surface area (Å²) in [5, 5.41) is 2.25. The van der Waals surface area contributed by atoms with Crippen LogP contribution in [0.4, 0.5) is 45.6 Å². The van der Waals surface area contributed by atoms with Crippen LogP contribution in [0, 0.1) is 29.1 Å². The first kappa shape index (κ1) is 16.0. The van der Waals surface area contributed by atoms with Gasteiger partial charge in [-0.2, -0.15) is 13.2 Å².